The molecule has 2 unspecified atom stereocenters. The van der Waals surface area contributed by atoms with E-state index in [1.54, 1.807) is 0 Å². The van der Waals surface area contributed by atoms with Gasteiger partial charge in [0, 0.05) is 24.6 Å². The zero-order chi connectivity index (χ0) is 12.5. The van der Waals surface area contributed by atoms with Crippen LogP contribution in [-0.2, 0) is 7.05 Å². The SMILES string of the molecule is Cn1nc(-c2ccccc2)nc1C1CCC(N)C1. The summed E-state index contributed by atoms with van der Waals surface area (Å²) >= 11 is 0. The number of aromatic nitrogens is 3. The van der Waals surface area contributed by atoms with Crippen molar-refractivity contribution in [3.8, 4) is 11.4 Å². The van der Waals surface area contributed by atoms with Gasteiger partial charge in [0.05, 0.1) is 0 Å². The van der Waals surface area contributed by atoms with Crippen molar-refractivity contribution in [2.24, 2.45) is 12.8 Å². The average Bonchev–Trinajstić information content (AvgIpc) is 2.97. The standard InChI is InChI=1S/C14H18N4/c1-18-14(11-7-8-12(15)9-11)16-13(17-18)10-5-3-2-4-6-10/h2-6,11-12H,7-9,15H2,1H3. The quantitative estimate of drug-likeness (QED) is 0.877. The maximum absolute atomic E-state index is 5.97. The molecule has 94 valence electrons. The van der Waals surface area contributed by atoms with E-state index in [2.05, 4.69) is 5.10 Å². The fourth-order valence-electron chi connectivity index (χ4n) is 2.71. The highest BCUT2D eigenvalue weighted by molar-refractivity contribution is 5.54. The van der Waals surface area contributed by atoms with Crippen molar-refractivity contribution in [3.63, 3.8) is 0 Å². The van der Waals surface area contributed by atoms with Gasteiger partial charge in [0.25, 0.3) is 0 Å². The van der Waals surface area contributed by atoms with Crippen LogP contribution in [0.2, 0.25) is 0 Å². The highest BCUT2D eigenvalue weighted by Crippen LogP contribution is 2.33. The second-order valence-corrected chi connectivity index (χ2v) is 5.05. The second kappa shape index (κ2) is 4.53. The Hall–Kier alpha value is -1.68. The van der Waals surface area contributed by atoms with Gasteiger partial charge in [-0.3, -0.25) is 4.68 Å². The van der Waals surface area contributed by atoms with Gasteiger partial charge in [-0.1, -0.05) is 30.3 Å². The molecule has 0 radical (unpaired) electrons. The lowest BCUT2D eigenvalue weighted by atomic mass is 10.1. The normalized spacial score (nSPS) is 23.4. The molecule has 1 heterocycles. The van der Waals surface area contributed by atoms with E-state index in [1.165, 1.54) is 0 Å². The Morgan fingerprint density at radius 3 is 2.67 bits per heavy atom. The van der Waals surface area contributed by atoms with Gasteiger partial charge in [-0.15, -0.1) is 0 Å². The molecule has 18 heavy (non-hydrogen) atoms. The number of rotatable bonds is 2. The van der Waals surface area contributed by atoms with Gasteiger partial charge in [-0.25, -0.2) is 4.98 Å². The summed E-state index contributed by atoms with van der Waals surface area (Å²) in [5, 5.41) is 4.52. The molecule has 4 nitrogen and oxygen atoms in total. The maximum Gasteiger partial charge on any atom is 0.181 e. The van der Waals surface area contributed by atoms with Crippen molar-refractivity contribution in [1.29, 1.82) is 0 Å². The molecule has 0 bridgehead atoms. The summed E-state index contributed by atoms with van der Waals surface area (Å²) in [6, 6.07) is 10.4. The predicted octanol–water partition coefficient (Wildman–Crippen LogP) is 2.08. The number of nitrogens with two attached hydrogens (primary N) is 1. The Balaban J connectivity index is 1.92. The summed E-state index contributed by atoms with van der Waals surface area (Å²) in [6.45, 7) is 0. The van der Waals surface area contributed by atoms with Gasteiger partial charge in [0.2, 0.25) is 0 Å². The Bertz CT molecular complexity index is 532. The van der Waals surface area contributed by atoms with Gasteiger partial charge in [-0.2, -0.15) is 5.10 Å². The maximum atomic E-state index is 5.97. The number of nitrogens with zero attached hydrogens (tertiary/aromatic N) is 3. The van der Waals surface area contributed by atoms with Gasteiger partial charge < -0.3 is 5.73 Å². The molecular weight excluding hydrogens is 224 g/mol. The van der Waals surface area contributed by atoms with Crippen LogP contribution >= 0.6 is 0 Å². The van der Waals surface area contributed by atoms with Crippen molar-refractivity contribution in [3.05, 3.63) is 36.2 Å². The molecule has 0 spiro atoms. The second-order valence-electron chi connectivity index (χ2n) is 5.05. The van der Waals surface area contributed by atoms with E-state index in [-0.39, 0.29) is 0 Å². The number of hydrogen-bond acceptors (Lipinski definition) is 3. The molecule has 0 saturated heterocycles. The fraction of sp³-hybridized carbons (Fsp3) is 0.429. The van der Waals surface area contributed by atoms with Gasteiger partial charge in [0.15, 0.2) is 5.82 Å². The topological polar surface area (TPSA) is 56.7 Å². The zero-order valence-electron chi connectivity index (χ0n) is 10.6. The first-order chi connectivity index (χ1) is 8.74. The summed E-state index contributed by atoms with van der Waals surface area (Å²) in [7, 11) is 1.97. The third-order valence-electron chi connectivity index (χ3n) is 3.67. The van der Waals surface area contributed by atoms with Gasteiger partial charge in [0.1, 0.15) is 5.82 Å². The summed E-state index contributed by atoms with van der Waals surface area (Å²) in [6.07, 6.45) is 3.25. The number of hydrogen-bond donors (Lipinski definition) is 1. The van der Waals surface area contributed by atoms with Crippen molar-refractivity contribution in [1.82, 2.24) is 14.8 Å². The Labute approximate surface area is 107 Å². The molecular formula is C14H18N4. The van der Waals surface area contributed by atoms with Crippen molar-refractivity contribution >= 4 is 0 Å². The molecule has 0 amide bonds. The molecule has 1 aliphatic carbocycles. The van der Waals surface area contributed by atoms with Crippen LogP contribution in [0.5, 0.6) is 0 Å². The van der Waals surface area contributed by atoms with Crippen molar-refractivity contribution in [2.45, 2.75) is 31.2 Å². The zero-order valence-corrected chi connectivity index (χ0v) is 10.6. The third-order valence-corrected chi connectivity index (χ3v) is 3.67. The molecule has 1 aromatic carbocycles. The molecule has 1 aliphatic rings. The van der Waals surface area contributed by atoms with Crippen LogP contribution in [0.25, 0.3) is 11.4 Å². The van der Waals surface area contributed by atoms with Crippen LogP contribution in [0.15, 0.2) is 30.3 Å². The van der Waals surface area contributed by atoms with Gasteiger partial charge >= 0.3 is 0 Å². The monoisotopic (exact) mass is 242 g/mol. The van der Waals surface area contributed by atoms with E-state index in [1.807, 2.05) is 42.1 Å². The van der Waals surface area contributed by atoms with E-state index in [9.17, 15) is 0 Å². The minimum absolute atomic E-state index is 0.326. The Morgan fingerprint density at radius 2 is 2.00 bits per heavy atom. The highest BCUT2D eigenvalue weighted by atomic mass is 15.3. The first kappa shape index (κ1) is 11.4. The largest absolute Gasteiger partial charge is 0.328 e. The molecule has 4 heteroatoms. The smallest absolute Gasteiger partial charge is 0.181 e. The lowest BCUT2D eigenvalue weighted by Gasteiger charge is -2.07. The van der Waals surface area contributed by atoms with Crippen LogP contribution in [0.4, 0.5) is 0 Å². The third kappa shape index (κ3) is 2.04. The van der Waals surface area contributed by atoms with Gasteiger partial charge in [-0.05, 0) is 19.3 Å². The van der Waals surface area contributed by atoms with E-state index in [0.29, 0.717) is 12.0 Å². The van der Waals surface area contributed by atoms with Crippen LogP contribution < -0.4 is 5.73 Å². The minimum Gasteiger partial charge on any atom is -0.328 e. The first-order valence-corrected chi connectivity index (χ1v) is 6.46. The molecule has 2 atom stereocenters. The Kier molecular flexibility index (Phi) is 2.88. The Morgan fingerprint density at radius 1 is 1.22 bits per heavy atom. The summed E-state index contributed by atoms with van der Waals surface area (Å²) in [5.41, 5.74) is 7.04. The van der Waals surface area contributed by atoms with Crippen LogP contribution in [0.1, 0.15) is 31.0 Å². The van der Waals surface area contributed by atoms with Crippen LogP contribution in [0, 0.1) is 0 Å². The summed E-state index contributed by atoms with van der Waals surface area (Å²) < 4.78 is 1.91. The van der Waals surface area contributed by atoms with E-state index in [4.69, 9.17) is 10.7 Å². The van der Waals surface area contributed by atoms with E-state index < -0.39 is 0 Å². The summed E-state index contributed by atoms with van der Waals surface area (Å²) in [5.74, 6) is 2.35. The number of benzene rings is 1. The van der Waals surface area contributed by atoms with Crippen LogP contribution in [-0.4, -0.2) is 20.8 Å². The first-order valence-electron chi connectivity index (χ1n) is 6.46. The molecule has 2 aromatic rings. The van der Waals surface area contributed by atoms with Crippen molar-refractivity contribution < 1.29 is 0 Å². The van der Waals surface area contributed by atoms with Crippen molar-refractivity contribution in [2.75, 3.05) is 0 Å². The molecule has 1 fully saturated rings. The lowest BCUT2D eigenvalue weighted by Crippen LogP contribution is -2.15. The minimum atomic E-state index is 0.326. The summed E-state index contributed by atoms with van der Waals surface area (Å²) in [4.78, 5) is 4.69. The van der Waals surface area contributed by atoms with E-state index in [0.717, 1.165) is 36.5 Å². The van der Waals surface area contributed by atoms with Crippen LogP contribution in [0.3, 0.4) is 0 Å². The molecule has 3 rings (SSSR count). The molecule has 1 aromatic heterocycles. The number of aryl methyl sites for hydroxylation is 1. The average molecular weight is 242 g/mol. The molecule has 2 N–H and O–H groups in total. The molecule has 1 saturated carbocycles. The predicted molar refractivity (Wildman–Crippen MR) is 71.0 cm³/mol. The van der Waals surface area contributed by atoms with E-state index >= 15 is 0 Å². The molecule has 0 aliphatic heterocycles. The lowest BCUT2D eigenvalue weighted by molar-refractivity contribution is 0.591. The fourth-order valence-corrected chi connectivity index (χ4v) is 2.71. The highest BCUT2D eigenvalue weighted by Gasteiger charge is 2.27.